The van der Waals surface area contributed by atoms with Crippen LogP contribution >= 0.6 is 7.82 Å². The van der Waals surface area contributed by atoms with Gasteiger partial charge in [-0.1, -0.05) is 159 Å². The van der Waals surface area contributed by atoms with Crippen molar-refractivity contribution < 1.29 is 42.7 Å². The Morgan fingerprint density at radius 2 is 0.965 bits per heavy atom. The molecule has 3 atom stereocenters. The molecule has 0 heterocycles. The summed E-state index contributed by atoms with van der Waals surface area (Å²) in [7, 11) is -4.62. The number of carboxylic acids is 1. The van der Waals surface area contributed by atoms with Crippen LogP contribution in [0.3, 0.4) is 0 Å². The molecule has 0 aliphatic rings. The van der Waals surface area contributed by atoms with Gasteiger partial charge in [-0.25, -0.2) is 4.57 Å². The molecule has 0 aliphatic heterocycles. The second kappa shape index (κ2) is 42.1. The molecule has 57 heavy (non-hydrogen) atoms. The number of nitrogens with two attached hydrogens (primary N) is 1. The number of carbonyl (C=O) groups excluding carboxylic acids is 1. The Balaban J connectivity index is 4.24. The minimum absolute atomic E-state index is 0.00894. The van der Waals surface area contributed by atoms with Gasteiger partial charge in [0.1, 0.15) is 12.1 Å². The van der Waals surface area contributed by atoms with E-state index in [2.05, 4.69) is 62.5 Å². The summed E-state index contributed by atoms with van der Waals surface area (Å²) in [5.74, 6) is -1.79. The topological polar surface area (TPSA) is 155 Å². The van der Waals surface area contributed by atoms with Gasteiger partial charge in [0.15, 0.2) is 0 Å². The third-order valence-electron chi connectivity index (χ3n) is 9.58. The maximum atomic E-state index is 12.6. The van der Waals surface area contributed by atoms with Crippen LogP contribution in [0.1, 0.15) is 194 Å². The second-order valence-electron chi connectivity index (χ2n) is 15.2. The summed E-state index contributed by atoms with van der Waals surface area (Å²) in [6, 6.07) is -1.48. The van der Waals surface area contributed by atoms with Crippen LogP contribution in [-0.2, 0) is 32.7 Å². The number of hydrogen-bond acceptors (Lipinski definition) is 8. The van der Waals surface area contributed by atoms with Crippen LogP contribution in [0, 0.1) is 0 Å². The summed E-state index contributed by atoms with van der Waals surface area (Å²) in [4.78, 5) is 33.6. The number of phosphoric acid groups is 1. The van der Waals surface area contributed by atoms with E-state index in [9.17, 15) is 19.0 Å². The van der Waals surface area contributed by atoms with E-state index in [-0.39, 0.29) is 13.0 Å². The molecule has 0 saturated carbocycles. The highest BCUT2D eigenvalue weighted by Crippen LogP contribution is 2.43. The van der Waals surface area contributed by atoms with Gasteiger partial charge in [0.25, 0.3) is 0 Å². The van der Waals surface area contributed by atoms with Crippen LogP contribution < -0.4 is 5.73 Å². The lowest BCUT2D eigenvalue weighted by molar-refractivity contribution is -0.154. The van der Waals surface area contributed by atoms with Gasteiger partial charge in [0, 0.05) is 13.0 Å². The maximum absolute atomic E-state index is 12.6. The monoisotopic (exact) mass is 826 g/mol. The van der Waals surface area contributed by atoms with Gasteiger partial charge in [-0.2, -0.15) is 0 Å². The number of carboxylic acid groups (broad SMARTS) is 1. The molecule has 0 aliphatic carbocycles. The predicted octanol–water partition coefficient (Wildman–Crippen LogP) is 12.6. The van der Waals surface area contributed by atoms with Crippen molar-refractivity contribution >= 4 is 19.8 Å². The van der Waals surface area contributed by atoms with Crippen molar-refractivity contribution in [3.8, 4) is 0 Å². The number of hydrogen-bond donors (Lipinski definition) is 3. The van der Waals surface area contributed by atoms with Crippen LogP contribution in [0.4, 0.5) is 0 Å². The first-order valence-corrected chi connectivity index (χ1v) is 24.2. The molecular formula is C46H84NO9P. The fourth-order valence-corrected chi connectivity index (χ4v) is 6.79. The molecule has 10 nitrogen and oxygen atoms in total. The fourth-order valence-electron chi connectivity index (χ4n) is 6.02. The Labute approximate surface area is 348 Å². The molecule has 332 valence electrons. The minimum atomic E-state index is -4.62. The van der Waals surface area contributed by atoms with E-state index in [0.717, 1.165) is 64.2 Å². The highest BCUT2D eigenvalue weighted by atomic mass is 31.2. The van der Waals surface area contributed by atoms with E-state index < -0.39 is 45.1 Å². The molecule has 0 radical (unpaired) electrons. The van der Waals surface area contributed by atoms with Crippen molar-refractivity contribution in [3.05, 3.63) is 48.6 Å². The highest BCUT2D eigenvalue weighted by Gasteiger charge is 2.27. The largest absolute Gasteiger partial charge is 0.480 e. The normalized spacial score (nSPS) is 14.3. The van der Waals surface area contributed by atoms with Crippen LogP contribution in [-0.4, -0.2) is 60.5 Å². The Hall–Kier alpha value is -2.07. The van der Waals surface area contributed by atoms with Crippen LogP contribution in [0.15, 0.2) is 48.6 Å². The van der Waals surface area contributed by atoms with E-state index in [1.807, 2.05) is 0 Å². The van der Waals surface area contributed by atoms with Crippen LogP contribution in [0.25, 0.3) is 0 Å². The van der Waals surface area contributed by atoms with Crippen molar-refractivity contribution in [2.45, 2.75) is 206 Å². The Kier molecular flexibility index (Phi) is 40.5. The number of unbranched alkanes of at least 4 members (excludes halogenated alkanes) is 21. The summed E-state index contributed by atoms with van der Waals surface area (Å²) in [6.45, 7) is 3.81. The third kappa shape index (κ3) is 41.9. The Bertz CT molecular complexity index is 1090. The molecule has 0 amide bonds. The average Bonchev–Trinajstić information content (AvgIpc) is 3.19. The lowest BCUT2D eigenvalue weighted by Gasteiger charge is -2.20. The summed E-state index contributed by atoms with van der Waals surface area (Å²) < 4.78 is 33.4. The number of allylic oxidation sites excluding steroid dienone is 8. The number of ether oxygens (including phenoxy) is 2. The molecule has 0 aromatic carbocycles. The number of aliphatic carboxylic acids is 1. The van der Waals surface area contributed by atoms with E-state index >= 15 is 0 Å². The first-order valence-electron chi connectivity index (χ1n) is 22.7. The first kappa shape index (κ1) is 54.9. The molecule has 0 aromatic rings. The number of carbonyl (C=O) groups is 2. The van der Waals surface area contributed by atoms with Crippen molar-refractivity contribution in [1.29, 1.82) is 0 Å². The number of phosphoric ester groups is 1. The molecular weight excluding hydrogens is 741 g/mol. The summed E-state index contributed by atoms with van der Waals surface area (Å²) in [5, 5.41) is 8.90. The van der Waals surface area contributed by atoms with E-state index in [4.69, 9.17) is 29.4 Å². The fraction of sp³-hybridized carbons (Fsp3) is 0.783. The van der Waals surface area contributed by atoms with E-state index in [0.29, 0.717) is 13.0 Å². The molecule has 0 fully saturated rings. The molecule has 0 saturated heterocycles. The van der Waals surface area contributed by atoms with Crippen LogP contribution in [0.5, 0.6) is 0 Å². The van der Waals surface area contributed by atoms with Gasteiger partial charge in [0.2, 0.25) is 0 Å². The van der Waals surface area contributed by atoms with Gasteiger partial charge in [-0.15, -0.1) is 0 Å². The lowest BCUT2D eigenvalue weighted by Crippen LogP contribution is -2.34. The molecule has 0 bridgehead atoms. The van der Waals surface area contributed by atoms with Crippen molar-refractivity contribution in [2.75, 3.05) is 26.4 Å². The minimum Gasteiger partial charge on any atom is -0.480 e. The third-order valence-corrected chi connectivity index (χ3v) is 10.5. The standard InChI is InChI=1S/C46H84NO9P/c1-3-5-7-9-11-13-15-17-19-21-23-25-27-29-31-33-35-37-39-53-40-43(41-54-57(51,52)55-42-44(47)46(49)50)56-45(48)38-36-34-32-30-28-26-24-22-20-18-16-14-12-10-8-6-4-2/h11-14,17-20,43-44H,3-10,15-16,21-42,47H2,1-2H3,(H,49,50)(H,51,52)/b13-11-,14-12-,19-17-,20-18-. The maximum Gasteiger partial charge on any atom is 0.472 e. The SMILES string of the molecule is CCCCC/C=C\C/C=C\CCCCCCCCCCOCC(COP(=O)(O)OCC(N)C(=O)O)OC(=O)CCCCCCCCC/C=C\C/C=C\CCCCC. The van der Waals surface area contributed by atoms with Gasteiger partial charge in [-0.05, 0) is 77.0 Å². The molecule has 0 aromatic heterocycles. The van der Waals surface area contributed by atoms with Crippen molar-refractivity contribution in [3.63, 3.8) is 0 Å². The van der Waals surface area contributed by atoms with E-state index in [1.165, 1.54) is 103 Å². The first-order chi connectivity index (χ1) is 27.7. The summed E-state index contributed by atoms with van der Waals surface area (Å²) in [5.41, 5.74) is 5.36. The summed E-state index contributed by atoms with van der Waals surface area (Å²) in [6.07, 6.45) is 48.7. The summed E-state index contributed by atoms with van der Waals surface area (Å²) >= 11 is 0. The number of esters is 1. The zero-order valence-corrected chi connectivity index (χ0v) is 37.1. The Morgan fingerprint density at radius 3 is 1.42 bits per heavy atom. The molecule has 0 rings (SSSR count). The quantitative estimate of drug-likeness (QED) is 0.0234. The van der Waals surface area contributed by atoms with Crippen molar-refractivity contribution in [1.82, 2.24) is 0 Å². The lowest BCUT2D eigenvalue weighted by atomic mass is 10.1. The molecule has 0 spiro atoms. The van der Waals surface area contributed by atoms with Gasteiger partial charge in [-0.3, -0.25) is 18.6 Å². The van der Waals surface area contributed by atoms with E-state index in [1.54, 1.807) is 0 Å². The second-order valence-corrected chi connectivity index (χ2v) is 16.6. The Morgan fingerprint density at radius 1 is 0.561 bits per heavy atom. The van der Waals surface area contributed by atoms with Gasteiger partial charge in [0.05, 0.1) is 19.8 Å². The predicted molar refractivity (Wildman–Crippen MR) is 235 cm³/mol. The van der Waals surface area contributed by atoms with Crippen LogP contribution in [0.2, 0.25) is 0 Å². The zero-order valence-electron chi connectivity index (χ0n) is 36.2. The molecule has 11 heteroatoms. The zero-order chi connectivity index (χ0) is 41.9. The average molecular weight is 826 g/mol. The molecule has 4 N–H and O–H groups in total. The van der Waals surface area contributed by atoms with Gasteiger partial charge < -0.3 is 25.2 Å². The highest BCUT2D eigenvalue weighted by molar-refractivity contribution is 7.47. The molecule has 3 unspecified atom stereocenters. The number of rotatable bonds is 43. The smallest absolute Gasteiger partial charge is 0.472 e. The van der Waals surface area contributed by atoms with Gasteiger partial charge >= 0.3 is 19.8 Å². The van der Waals surface area contributed by atoms with Crippen molar-refractivity contribution in [2.24, 2.45) is 5.73 Å².